The molecule has 8 heteroatoms. The topological polar surface area (TPSA) is 80.1 Å². The average molecular weight is 388 g/mol. The molecule has 0 unspecified atom stereocenters. The molecule has 144 valence electrons. The van der Waals surface area contributed by atoms with Crippen molar-refractivity contribution in [3.63, 3.8) is 0 Å². The summed E-state index contributed by atoms with van der Waals surface area (Å²) >= 11 is 1.38. The van der Waals surface area contributed by atoms with Crippen LogP contribution in [0.1, 0.15) is 59.3 Å². The van der Waals surface area contributed by atoms with E-state index in [9.17, 15) is 9.59 Å². The second-order valence-electron chi connectivity index (χ2n) is 7.28. The Bertz CT molecular complexity index is 801. The second kappa shape index (κ2) is 8.21. The van der Waals surface area contributed by atoms with E-state index >= 15 is 0 Å². The average Bonchev–Trinajstić information content (AvgIpc) is 3.32. The summed E-state index contributed by atoms with van der Waals surface area (Å²) in [5.74, 6) is 2.14. The molecule has 2 aliphatic heterocycles. The van der Waals surface area contributed by atoms with E-state index in [1.807, 2.05) is 16.3 Å². The van der Waals surface area contributed by atoms with Crippen molar-refractivity contribution in [2.24, 2.45) is 0 Å². The number of amides is 2. The largest absolute Gasteiger partial charge is 0.342 e. The number of thiophene rings is 1. The predicted octanol–water partition coefficient (Wildman–Crippen LogP) is 2.20. The molecule has 1 fully saturated rings. The van der Waals surface area contributed by atoms with Gasteiger partial charge in [0.25, 0.3) is 5.91 Å². The van der Waals surface area contributed by atoms with Crippen LogP contribution in [0.4, 0.5) is 0 Å². The zero-order valence-electron chi connectivity index (χ0n) is 15.4. The lowest BCUT2D eigenvalue weighted by molar-refractivity contribution is -0.131. The molecule has 2 aliphatic rings. The number of nitrogens with zero attached hydrogens (tertiary/aromatic N) is 4. The lowest BCUT2D eigenvalue weighted by atomic mass is 9.97. The number of rotatable bonds is 4. The Balaban J connectivity index is 1.37. The fourth-order valence-corrected chi connectivity index (χ4v) is 4.63. The Morgan fingerprint density at radius 2 is 2.11 bits per heavy atom. The molecule has 2 aromatic rings. The molecule has 0 radical (unpaired) electrons. The molecule has 2 amide bonds. The summed E-state index contributed by atoms with van der Waals surface area (Å²) in [7, 11) is 0. The fraction of sp³-hybridized carbons (Fsp3) is 0.579. The summed E-state index contributed by atoms with van der Waals surface area (Å²) in [5, 5.41) is 13.5. The van der Waals surface area contributed by atoms with Crippen molar-refractivity contribution in [2.75, 3.05) is 19.6 Å². The Morgan fingerprint density at radius 1 is 1.19 bits per heavy atom. The van der Waals surface area contributed by atoms with Crippen molar-refractivity contribution >= 4 is 23.2 Å². The minimum absolute atomic E-state index is 0.0276. The van der Waals surface area contributed by atoms with E-state index in [-0.39, 0.29) is 24.3 Å². The summed E-state index contributed by atoms with van der Waals surface area (Å²) < 4.78 is 2.28. The van der Waals surface area contributed by atoms with Gasteiger partial charge < -0.3 is 14.8 Å². The number of carbonyl (C=O) groups is 2. The van der Waals surface area contributed by atoms with Crippen LogP contribution in [0.3, 0.4) is 0 Å². The summed E-state index contributed by atoms with van der Waals surface area (Å²) in [6.07, 6.45) is 6.57. The Morgan fingerprint density at radius 3 is 2.96 bits per heavy atom. The van der Waals surface area contributed by atoms with Crippen molar-refractivity contribution in [3.05, 3.63) is 34.0 Å². The Kier molecular flexibility index (Phi) is 5.52. The SMILES string of the molecule is O=C(NCC(=O)N1CCC[C@H](c2nnc3n2CCCCC3)C1)c1cccs1. The number of hydrogen-bond acceptors (Lipinski definition) is 5. The van der Waals surface area contributed by atoms with Crippen molar-refractivity contribution in [3.8, 4) is 0 Å². The van der Waals surface area contributed by atoms with Crippen LogP contribution in [0.5, 0.6) is 0 Å². The summed E-state index contributed by atoms with van der Waals surface area (Å²) in [6.45, 7) is 2.43. The maximum Gasteiger partial charge on any atom is 0.261 e. The predicted molar refractivity (Wildman–Crippen MR) is 103 cm³/mol. The number of piperidine rings is 1. The van der Waals surface area contributed by atoms with Crippen molar-refractivity contribution in [2.45, 2.75) is 51.0 Å². The van der Waals surface area contributed by atoms with Gasteiger partial charge in [0.15, 0.2) is 0 Å². The minimum Gasteiger partial charge on any atom is -0.342 e. The van der Waals surface area contributed by atoms with E-state index in [1.54, 1.807) is 6.07 Å². The van der Waals surface area contributed by atoms with E-state index in [2.05, 4.69) is 20.1 Å². The third-order valence-electron chi connectivity index (χ3n) is 5.42. The van der Waals surface area contributed by atoms with Gasteiger partial charge in [-0.2, -0.15) is 0 Å². The molecule has 27 heavy (non-hydrogen) atoms. The van der Waals surface area contributed by atoms with Gasteiger partial charge in [-0.25, -0.2) is 0 Å². The molecular formula is C19H25N5O2S. The molecule has 7 nitrogen and oxygen atoms in total. The first-order valence-electron chi connectivity index (χ1n) is 9.74. The lowest BCUT2D eigenvalue weighted by Crippen LogP contribution is -2.44. The molecule has 0 saturated carbocycles. The number of aryl methyl sites for hydroxylation is 1. The maximum absolute atomic E-state index is 12.6. The quantitative estimate of drug-likeness (QED) is 0.872. The number of carbonyl (C=O) groups excluding carboxylic acids is 2. The van der Waals surface area contributed by atoms with Gasteiger partial charge in [0.1, 0.15) is 11.6 Å². The lowest BCUT2D eigenvalue weighted by Gasteiger charge is -2.32. The molecule has 2 aromatic heterocycles. The number of hydrogen-bond donors (Lipinski definition) is 1. The third kappa shape index (κ3) is 4.05. The molecule has 1 atom stereocenters. The van der Waals surface area contributed by atoms with Gasteiger partial charge in [0.05, 0.1) is 11.4 Å². The maximum atomic E-state index is 12.6. The molecular weight excluding hydrogens is 362 g/mol. The second-order valence-corrected chi connectivity index (χ2v) is 8.22. The standard InChI is InChI=1S/C19H25N5O2S/c25-17(12-20-19(26)15-7-5-11-27-15)23-9-4-6-14(13-23)18-22-21-16-8-2-1-3-10-24(16)18/h5,7,11,14H,1-4,6,8-10,12-13H2,(H,20,26)/t14-/m0/s1. The molecule has 1 saturated heterocycles. The van der Waals surface area contributed by atoms with Crippen LogP contribution in [0.15, 0.2) is 17.5 Å². The van der Waals surface area contributed by atoms with Gasteiger partial charge in [-0.1, -0.05) is 12.5 Å². The number of aromatic nitrogens is 3. The van der Waals surface area contributed by atoms with Crippen LogP contribution < -0.4 is 5.32 Å². The Hall–Kier alpha value is -2.22. The number of fused-ring (bicyclic) bond motifs is 1. The van der Waals surface area contributed by atoms with E-state index in [4.69, 9.17) is 0 Å². The van der Waals surface area contributed by atoms with Crippen LogP contribution in [0.25, 0.3) is 0 Å². The zero-order valence-corrected chi connectivity index (χ0v) is 16.2. The Labute approximate surface area is 162 Å². The summed E-state index contributed by atoms with van der Waals surface area (Å²) in [4.78, 5) is 27.1. The van der Waals surface area contributed by atoms with Crippen molar-refractivity contribution in [1.29, 1.82) is 0 Å². The highest BCUT2D eigenvalue weighted by Crippen LogP contribution is 2.28. The highest BCUT2D eigenvalue weighted by molar-refractivity contribution is 7.12. The van der Waals surface area contributed by atoms with Crippen LogP contribution in [-0.4, -0.2) is 51.1 Å². The van der Waals surface area contributed by atoms with Gasteiger partial charge in [-0.3, -0.25) is 9.59 Å². The number of likely N-dealkylation sites (tertiary alicyclic amines) is 1. The van der Waals surface area contributed by atoms with E-state index in [0.29, 0.717) is 11.4 Å². The molecule has 0 aliphatic carbocycles. The molecule has 0 bridgehead atoms. The summed E-state index contributed by atoms with van der Waals surface area (Å²) in [5.41, 5.74) is 0. The zero-order chi connectivity index (χ0) is 18.6. The van der Waals surface area contributed by atoms with Gasteiger partial charge in [0.2, 0.25) is 5.91 Å². The highest BCUT2D eigenvalue weighted by atomic mass is 32.1. The summed E-state index contributed by atoms with van der Waals surface area (Å²) in [6, 6.07) is 3.59. The first-order valence-corrected chi connectivity index (χ1v) is 10.6. The molecule has 1 N–H and O–H groups in total. The van der Waals surface area contributed by atoms with Crippen molar-refractivity contribution < 1.29 is 9.59 Å². The highest BCUT2D eigenvalue weighted by Gasteiger charge is 2.29. The monoisotopic (exact) mass is 387 g/mol. The van der Waals surface area contributed by atoms with E-state index in [0.717, 1.165) is 44.0 Å². The first-order chi connectivity index (χ1) is 13.2. The number of nitrogens with one attached hydrogen (secondary N) is 1. The van der Waals surface area contributed by atoms with E-state index in [1.165, 1.54) is 30.6 Å². The van der Waals surface area contributed by atoms with Gasteiger partial charge in [0, 0.05) is 32.0 Å². The minimum atomic E-state index is -0.185. The van der Waals surface area contributed by atoms with Crippen LogP contribution in [0.2, 0.25) is 0 Å². The molecule has 4 rings (SSSR count). The first kappa shape index (κ1) is 18.2. The normalized spacial score (nSPS) is 20.0. The van der Waals surface area contributed by atoms with E-state index < -0.39 is 0 Å². The van der Waals surface area contributed by atoms with Crippen LogP contribution >= 0.6 is 11.3 Å². The fourth-order valence-electron chi connectivity index (χ4n) is 3.99. The molecule has 0 aromatic carbocycles. The smallest absolute Gasteiger partial charge is 0.261 e. The van der Waals surface area contributed by atoms with Gasteiger partial charge >= 0.3 is 0 Å². The van der Waals surface area contributed by atoms with Crippen molar-refractivity contribution in [1.82, 2.24) is 25.0 Å². The molecule has 0 spiro atoms. The van der Waals surface area contributed by atoms with Gasteiger partial charge in [-0.15, -0.1) is 21.5 Å². The van der Waals surface area contributed by atoms with Crippen LogP contribution in [-0.2, 0) is 17.8 Å². The molecule has 4 heterocycles. The van der Waals surface area contributed by atoms with Gasteiger partial charge in [-0.05, 0) is 37.1 Å². The third-order valence-corrected chi connectivity index (χ3v) is 6.29. The van der Waals surface area contributed by atoms with Crippen LogP contribution in [0, 0.1) is 0 Å².